The van der Waals surface area contributed by atoms with Gasteiger partial charge in [-0.05, 0) is 30.7 Å². The van der Waals surface area contributed by atoms with E-state index < -0.39 is 0 Å². The summed E-state index contributed by atoms with van der Waals surface area (Å²) in [6.07, 6.45) is 3.68. The Labute approximate surface area is 124 Å². The summed E-state index contributed by atoms with van der Waals surface area (Å²) in [5, 5.41) is 3.48. The molecule has 0 aliphatic carbocycles. The maximum Gasteiger partial charge on any atom is 0.142 e. The summed E-state index contributed by atoms with van der Waals surface area (Å²) < 4.78 is 2.06. The number of imidazole rings is 1. The molecule has 0 aliphatic heterocycles. The van der Waals surface area contributed by atoms with Crippen LogP contribution in [-0.4, -0.2) is 21.1 Å². The van der Waals surface area contributed by atoms with Crippen LogP contribution in [0.1, 0.15) is 19.4 Å². The van der Waals surface area contributed by atoms with Gasteiger partial charge in [0, 0.05) is 18.3 Å². The quantitative estimate of drug-likeness (QED) is 0.780. The van der Waals surface area contributed by atoms with E-state index in [1.54, 1.807) is 0 Å². The highest BCUT2D eigenvalue weighted by molar-refractivity contribution is 5.77. The predicted molar refractivity (Wildman–Crippen MR) is 85.4 cm³/mol. The molecule has 1 N–H and O–H groups in total. The van der Waals surface area contributed by atoms with E-state index in [0.29, 0.717) is 5.92 Å². The van der Waals surface area contributed by atoms with Crippen LogP contribution in [0, 0.1) is 5.92 Å². The number of rotatable bonds is 5. The minimum Gasteiger partial charge on any atom is -0.312 e. The molecule has 0 amide bonds. The summed E-state index contributed by atoms with van der Waals surface area (Å²) >= 11 is 0. The lowest BCUT2D eigenvalue weighted by Crippen LogP contribution is -2.20. The smallest absolute Gasteiger partial charge is 0.142 e. The van der Waals surface area contributed by atoms with Crippen molar-refractivity contribution in [2.24, 2.45) is 5.92 Å². The van der Waals surface area contributed by atoms with Gasteiger partial charge in [-0.15, -0.1) is 0 Å². The monoisotopic (exact) mass is 280 g/mol. The second-order valence-electron chi connectivity index (χ2n) is 5.61. The first-order valence-corrected chi connectivity index (χ1v) is 7.33. The Morgan fingerprint density at radius 3 is 2.81 bits per heavy atom. The Morgan fingerprint density at radius 2 is 1.95 bits per heavy atom. The first-order chi connectivity index (χ1) is 10.3. The molecule has 0 bridgehead atoms. The molecule has 2 aromatic heterocycles. The molecule has 0 saturated heterocycles. The Morgan fingerprint density at radius 1 is 1.10 bits per heavy atom. The van der Waals surface area contributed by atoms with Crippen LogP contribution in [0.15, 0.2) is 48.9 Å². The van der Waals surface area contributed by atoms with E-state index in [1.165, 1.54) is 5.56 Å². The van der Waals surface area contributed by atoms with Gasteiger partial charge < -0.3 is 5.32 Å². The largest absolute Gasteiger partial charge is 0.312 e. The average Bonchev–Trinajstić information content (AvgIpc) is 2.91. The second kappa shape index (κ2) is 6.06. The third-order valence-corrected chi connectivity index (χ3v) is 3.42. The zero-order valence-corrected chi connectivity index (χ0v) is 12.5. The van der Waals surface area contributed by atoms with E-state index in [1.807, 2.05) is 36.8 Å². The molecule has 0 unspecified atom stereocenters. The molecule has 4 nitrogen and oxygen atoms in total. The number of aromatic nitrogens is 3. The fraction of sp³-hybridized carbons (Fsp3) is 0.294. The highest BCUT2D eigenvalue weighted by Gasteiger charge is 2.09. The lowest BCUT2D eigenvalue weighted by molar-refractivity contribution is 0.551. The van der Waals surface area contributed by atoms with Crippen molar-refractivity contribution in [1.82, 2.24) is 19.9 Å². The SMILES string of the molecule is CC(C)CNCc1cccnc1-n1cnc2ccccc21. The number of benzene rings is 1. The molecular formula is C17H20N4. The molecule has 1 aromatic carbocycles. The van der Waals surface area contributed by atoms with Crippen LogP contribution in [0.4, 0.5) is 0 Å². The summed E-state index contributed by atoms with van der Waals surface area (Å²) in [5.74, 6) is 1.58. The molecular weight excluding hydrogens is 260 g/mol. The van der Waals surface area contributed by atoms with Crippen molar-refractivity contribution in [2.75, 3.05) is 6.54 Å². The number of hydrogen-bond acceptors (Lipinski definition) is 3. The van der Waals surface area contributed by atoms with Gasteiger partial charge in [0.1, 0.15) is 12.1 Å². The first kappa shape index (κ1) is 13.8. The number of hydrogen-bond donors (Lipinski definition) is 1. The zero-order chi connectivity index (χ0) is 14.7. The van der Waals surface area contributed by atoms with Gasteiger partial charge in [-0.3, -0.25) is 4.57 Å². The van der Waals surface area contributed by atoms with Crippen molar-refractivity contribution >= 4 is 11.0 Å². The van der Waals surface area contributed by atoms with E-state index in [2.05, 4.69) is 45.8 Å². The van der Waals surface area contributed by atoms with Crippen molar-refractivity contribution in [2.45, 2.75) is 20.4 Å². The van der Waals surface area contributed by atoms with E-state index in [0.717, 1.165) is 29.9 Å². The third kappa shape index (κ3) is 2.95. The highest BCUT2D eigenvalue weighted by Crippen LogP contribution is 2.19. The zero-order valence-electron chi connectivity index (χ0n) is 12.5. The summed E-state index contributed by atoms with van der Waals surface area (Å²) in [5.41, 5.74) is 3.26. The topological polar surface area (TPSA) is 42.7 Å². The lowest BCUT2D eigenvalue weighted by atomic mass is 10.2. The second-order valence-corrected chi connectivity index (χ2v) is 5.61. The lowest BCUT2D eigenvalue weighted by Gasteiger charge is -2.12. The molecule has 3 aromatic rings. The molecule has 108 valence electrons. The van der Waals surface area contributed by atoms with E-state index in [4.69, 9.17) is 0 Å². The average molecular weight is 280 g/mol. The van der Waals surface area contributed by atoms with E-state index in [9.17, 15) is 0 Å². The molecule has 0 aliphatic rings. The van der Waals surface area contributed by atoms with Gasteiger partial charge in [0.2, 0.25) is 0 Å². The molecule has 3 rings (SSSR count). The van der Waals surface area contributed by atoms with Crippen molar-refractivity contribution < 1.29 is 0 Å². The maximum atomic E-state index is 4.55. The van der Waals surface area contributed by atoms with Crippen LogP contribution in [-0.2, 0) is 6.54 Å². The van der Waals surface area contributed by atoms with Crippen LogP contribution >= 0.6 is 0 Å². The van der Waals surface area contributed by atoms with Crippen molar-refractivity contribution in [3.8, 4) is 5.82 Å². The highest BCUT2D eigenvalue weighted by atomic mass is 15.1. The molecule has 21 heavy (non-hydrogen) atoms. The summed E-state index contributed by atoms with van der Waals surface area (Å²) in [6.45, 7) is 6.23. The number of fused-ring (bicyclic) bond motifs is 1. The van der Waals surface area contributed by atoms with Gasteiger partial charge in [0.05, 0.1) is 11.0 Å². The van der Waals surface area contributed by atoms with Gasteiger partial charge in [-0.2, -0.15) is 0 Å². The molecule has 0 radical (unpaired) electrons. The minimum absolute atomic E-state index is 0.638. The number of para-hydroxylation sites is 2. The minimum atomic E-state index is 0.638. The maximum absolute atomic E-state index is 4.55. The molecule has 0 fully saturated rings. The summed E-state index contributed by atoms with van der Waals surface area (Å²) in [4.78, 5) is 9.00. The van der Waals surface area contributed by atoms with Crippen molar-refractivity contribution in [3.05, 3.63) is 54.5 Å². The Hall–Kier alpha value is -2.20. The number of pyridine rings is 1. The van der Waals surface area contributed by atoms with Crippen molar-refractivity contribution in [1.29, 1.82) is 0 Å². The first-order valence-electron chi connectivity index (χ1n) is 7.33. The molecule has 0 spiro atoms. The molecule has 0 saturated carbocycles. The van der Waals surface area contributed by atoms with Crippen LogP contribution in [0.2, 0.25) is 0 Å². The van der Waals surface area contributed by atoms with Crippen LogP contribution < -0.4 is 5.32 Å². The van der Waals surface area contributed by atoms with Crippen LogP contribution in [0.3, 0.4) is 0 Å². The van der Waals surface area contributed by atoms with Crippen molar-refractivity contribution in [3.63, 3.8) is 0 Å². The van der Waals surface area contributed by atoms with Gasteiger partial charge in [-0.1, -0.05) is 32.0 Å². The fourth-order valence-corrected chi connectivity index (χ4v) is 2.41. The standard InChI is InChI=1S/C17H20N4/c1-13(2)10-18-11-14-6-5-9-19-17(14)21-12-20-15-7-3-4-8-16(15)21/h3-9,12-13,18H,10-11H2,1-2H3. The van der Waals surface area contributed by atoms with Gasteiger partial charge in [0.15, 0.2) is 0 Å². The molecule has 2 heterocycles. The van der Waals surface area contributed by atoms with E-state index >= 15 is 0 Å². The number of nitrogens with one attached hydrogen (secondary N) is 1. The Balaban J connectivity index is 1.95. The molecule has 0 atom stereocenters. The van der Waals surface area contributed by atoms with E-state index in [-0.39, 0.29) is 0 Å². The normalized spacial score (nSPS) is 11.4. The van der Waals surface area contributed by atoms with Gasteiger partial charge >= 0.3 is 0 Å². The summed E-state index contributed by atoms with van der Waals surface area (Å²) in [7, 11) is 0. The fourth-order valence-electron chi connectivity index (χ4n) is 2.41. The Bertz CT molecular complexity index is 730. The predicted octanol–water partition coefficient (Wildman–Crippen LogP) is 3.17. The third-order valence-electron chi connectivity index (χ3n) is 3.42. The van der Waals surface area contributed by atoms with Crippen LogP contribution in [0.5, 0.6) is 0 Å². The molecule has 4 heteroatoms. The van der Waals surface area contributed by atoms with Gasteiger partial charge in [-0.25, -0.2) is 9.97 Å². The Kier molecular flexibility index (Phi) is 3.97. The number of nitrogens with zero attached hydrogens (tertiary/aromatic N) is 3. The van der Waals surface area contributed by atoms with Gasteiger partial charge in [0.25, 0.3) is 0 Å². The summed E-state index contributed by atoms with van der Waals surface area (Å²) in [6, 6.07) is 12.2. The van der Waals surface area contributed by atoms with Crippen LogP contribution in [0.25, 0.3) is 16.9 Å².